The van der Waals surface area contributed by atoms with E-state index in [1.807, 2.05) is 31.2 Å². The van der Waals surface area contributed by atoms with Crippen molar-refractivity contribution in [2.75, 3.05) is 17.3 Å². The van der Waals surface area contributed by atoms with E-state index in [2.05, 4.69) is 20.8 Å². The molecular weight excluding hydrogens is 350 g/mol. The van der Waals surface area contributed by atoms with Gasteiger partial charge in [0.25, 0.3) is 0 Å². The van der Waals surface area contributed by atoms with Crippen molar-refractivity contribution in [3.8, 4) is 5.69 Å². The molecule has 1 N–H and O–H groups in total. The van der Waals surface area contributed by atoms with E-state index in [-0.39, 0.29) is 29.2 Å². The number of amides is 1. The number of hydrogen-bond acceptors (Lipinski definition) is 7. The number of rotatable bonds is 5. The van der Waals surface area contributed by atoms with Crippen LogP contribution >= 0.6 is 11.8 Å². The molecular formula is C14H17N5O3S2. The third kappa shape index (κ3) is 4.12. The van der Waals surface area contributed by atoms with Gasteiger partial charge in [0.1, 0.15) is 0 Å². The number of carbonyl (C=O) groups excluding carboxylic acids is 1. The summed E-state index contributed by atoms with van der Waals surface area (Å²) in [6.07, 6.45) is 0.472. The minimum Gasteiger partial charge on any atom is -0.352 e. The number of aryl methyl sites for hydroxylation is 1. The third-order valence-electron chi connectivity index (χ3n) is 3.62. The van der Waals surface area contributed by atoms with Gasteiger partial charge in [-0.2, -0.15) is 4.68 Å². The number of tetrazole rings is 1. The molecule has 1 fully saturated rings. The van der Waals surface area contributed by atoms with E-state index in [1.165, 1.54) is 11.8 Å². The summed E-state index contributed by atoms with van der Waals surface area (Å²) in [5, 5.41) is 14.8. The van der Waals surface area contributed by atoms with Crippen molar-refractivity contribution in [1.29, 1.82) is 0 Å². The molecule has 0 aliphatic carbocycles. The Labute approximate surface area is 143 Å². The number of carbonyl (C=O) groups is 1. The summed E-state index contributed by atoms with van der Waals surface area (Å²) in [7, 11) is -3.00. The average molecular weight is 367 g/mol. The van der Waals surface area contributed by atoms with Crippen LogP contribution in [0.15, 0.2) is 29.4 Å². The van der Waals surface area contributed by atoms with Gasteiger partial charge in [0, 0.05) is 6.04 Å². The maximum Gasteiger partial charge on any atom is 0.230 e. The molecule has 1 unspecified atom stereocenters. The lowest BCUT2D eigenvalue weighted by atomic mass is 10.2. The summed E-state index contributed by atoms with van der Waals surface area (Å²) in [4.78, 5) is 12.0. The molecule has 3 rings (SSSR count). The van der Waals surface area contributed by atoms with Crippen LogP contribution in [-0.4, -0.2) is 57.8 Å². The molecule has 8 nitrogen and oxygen atoms in total. The Kier molecular flexibility index (Phi) is 4.86. The van der Waals surface area contributed by atoms with Gasteiger partial charge in [0.2, 0.25) is 11.1 Å². The highest BCUT2D eigenvalue weighted by molar-refractivity contribution is 7.99. The van der Waals surface area contributed by atoms with Crippen LogP contribution in [0.3, 0.4) is 0 Å². The van der Waals surface area contributed by atoms with Gasteiger partial charge in [-0.3, -0.25) is 4.79 Å². The molecule has 0 saturated carbocycles. The van der Waals surface area contributed by atoms with E-state index >= 15 is 0 Å². The molecule has 1 aliphatic rings. The first-order valence-electron chi connectivity index (χ1n) is 7.41. The van der Waals surface area contributed by atoms with Gasteiger partial charge >= 0.3 is 0 Å². The van der Waals surface area contributed by atoms with E-state index in [9.17, 15) is 13.2 Å². The van der Waals surface area contributed by atoms with E-state index < -0.39 is 9.84 Å². The second kappa shape index (κ2) is 6.89. The molecule has 0 spiro atoms. The fourth-order valence-corrected chi connectivity index (χ4v) is 4.87. The van der Waals surface area contributed by atoms with Crippen LogP contribution < -0.4 is 5.32 Å². The highest BCUT2D eigenvalue weighted by Crippen LogP contribution is 2.19. The fourth-order valence-electron chi connectivity index (χ4n) is 2.50. The molecule has 10 heteroatoms. The van der Waals surface area contributed by atoms with Crippen LogP contribution in [0.25, 0.3) is 5.69 Å². The smallest absolute Gasteiger partial charge is 0.230 e. The lowest BCUT2D eigenvalue weighted by Gasteiger charge is -2.10. The molecule has 1 amide bonds. The molecule has 2 aromatic rings. The van der Waals surface area contributed by atoms with Crippen LogP contribution in [0.5, 0.6) is 0 Å². The molecule has 2 heterocycles. The summed E-state index contributed by atoms with van der Waals surface area (Å²) in [5.74, 6) is 0.0602. The van der Waals surface area contributed by atoms with Gasteiger partial charge in [0.15, 0.2) is 9.84 Å². The summed E-state index contributed by atoms with van der Waals surface area (Å²) < 4.78 is 24.4. The van der Waals surface area contributed by atoms with Crippen LogP contribution in [0, 0.1) is 6.92 Å². The molecule has 24 heavy (non-hydrogen) atoms. The van der Waals surface area contributed by atoms with E-state index in [4.69, 9.17) is 0 Å². The first kappa shape index (κ1) is 16.9. The zero-order valence-electron chi connectivity index (χ0n) is 13.0. The van der Waals surface area contributed by atoms with E-state index in [0.29, 0.717) is 11.6 Å². The summed E-state index contributed by atoms with van der Waals surface area (Å²) in [6, 6.07) is 7.43. The van der Waals surface area contributed by atoms with Crippen molar-refractivity contribution < 1.29 is 13.2 Å². The first-order valence-corrected chi connectivity index (χ1v) is 10.2. The minimum atomic E-state index is -3.00. The standard InChI is InChI=1S/C14H17N5O3S2/c1-10-3-2-4-12(7-10)19-14(16-17-18-19)23-8-13(20)15-11-5-6-24(21,22)9-11/h2-4,7,11H,5-6,8-9H2,1H3,(H,15,20). The lowest BCUT2D eigenvalue weighted by molar-refractivity contribution is -0.119. The monoisotopic (exact) mass is 367 g/mol. The first-order chi connectivity index (χ1) is 11.4. The van der Waals surface area contributed by atoms with Gasteiger partial charge in [-0.05, 0) is 41.5 Å². The quantitative estimate of drug-likeness (QED) is 0.761. The van der Waals surface area contributed by atoms with Crippen LogP contribution in [-0.2, 0) is 14.6 Å². The fraction of sp³-hybridized carbons (Fsp3) is 0.429. The Morgan fingerprint density at radius 3 is 3.00 bits per heavy atom. The number of sulfone groups is 1. The number of thioether (sulfide) groups is 1. The lowest BCUT2D eigenvalue weighted by Crippen LogP contribution is -2.36. The molecule has 1 saturated heterocycles. The topological polar surface area (TPSA) is 107 Å². The number of aromatic nitrogens is 4. The third-order valence-corrected chi connectivity index (χ3v) is 6.30. The molecule has 1 aromatic carbocycles. The Morgan fingerprint density at radius 2 is 2.29 bits per heavy atom. The normalized spacial score (nSPS) is 19.3. The van der Waals surface area contributed by atoms with Crippen LogP contribution in [0.1, 0.15) is 12.0 Å². The average Bonchev–Trinajstić information content (AvgIpc) is 3.11. The largest absolute Gasteiger partial charge is 0.352 e. The Bertz CT molecular complexity index is 850. The Balaban J connectivity index is 1.60. The predicted molar refractivity (Wildman–Crippen MR) is 89.8 cm³/mol. The van der Waals surface area contributed by atoms with E-state index in [0.717, 1.165) is 11.3 Å². The van der Waals surface area contributed by atoms with Crippen LogP contribution in [0.4, 0.5) is 0 Å². The maximum absolute atomic E-state index is 12.0. The van der Waals surface area contributed by atoms with Gasteiger partial charge in [-0.25, -0.2) is 8.42 Å². The molecule has 0 radical (unpaired) electrons. The van der Waals surface area contributed by atoms with Crippen molar-refractivity contribution in [3.05, 3.63) is 29.8 Å². The van der Waals surface area contributed by atoms with Crippen molar-refractivity contribution in [1.82, 2.24) is 25.5 Å². The molecule has 128 valence electrons. The second-order valence-electron chi connectivity index (χ2n) is 5.67. The SMILES string of the molecule is Cc1cccc(-n2nnnc2SCC(=O)NC2CCS(=O)(=O)C2)c1. The van der Waals surface area contributed by atoms with Crippen molar-refractivity contribution in [2.24, 2.45) is 0 Å². The second-order valence-corrected chi connectivity index (χ2v) is 8.84. The Hall–Kier alpha value is -1.94. The van der Waals surface area contributed by atoms with Crippen molar-refractivity contribution >= 4 is 27.5 Å². The van der Waals surface area contributed by atoms with Gasteiger partial charge in [0.05, 0.1) is 22.9 Å². The predicted octanol–water partition coefficient (Wildman–Crippen LogP) is 0.366. The van der Waals surface area contributed by atoms with Gasteiger partial charge in [-0.15, -0.1) is 5.10 Å². The Morgan fingerprint density at radius 1 is 1.46 bits per heavy atom. The summed E-state index contributed by atoms with van der Waals surface area (Å²) in [6.45, 7) is 1.98. The number of benzene rings is 1. The van der Waals surface area contributed by atoms with Crippen molar-refractivity contribution in [2.45, 2.75) is 24.5 Å². The summed E-state index contributed by atoms with van der Waals surface area (Å²) >= 11 is 1.21. The number of nitrogens with zero attached hydrogens (tertiary/aromatic N) is 4. The highest BCUT2D eigenvalue weighted by atomic mass is 32.2. The molecule has 1 atom stereocenters. The number of hydrogen-bond donors (Lipinski definition) is 1. The zero-order valence-corrected chi connectivity index (χ0v) is 14.7. The maximum atomic E-state index is 12.0. The molecule has 1 aromatic heterocycles. The number of nitrogens with one attached hydrogen (secondary N) is 1. The minimum absolute atomic E-state index is 0.0183. The van der Waals surface area contributed by atoms with Crippen molar-refractivity contribution in [3.63, 3.8) is 0 Å². The van der Waals surface area contributed by atoms with Gasteiger partial charge in [-0.1, -0.05) is 23.9 Å². The highest BCUT2D eigenvalue weighted by Gasteiger charge is 2.28. The zero-order chi connectivity index (χ0) is 17.2. The van der Waals surface area contributed by atoms with E-state index in [1.54, 1.807) is 4.68 Å². The molecule has 1 aliphatic heterocycles. The summed E-state index contributed by atoms with van der Waals surface area (Å²) in [5.41, 5.74) is 1.91. The van der Waals surface area contributed by atoms with Crippen LogP contribution in [0.2, 0.25) is 0 Å². The van der Waals surface area contributed by atoms with Gasteiger partial charge < -0.3 is 5.32 Å². The molecule has 0 bridgehead atoms.